The highest BCUT2D eigenvalue weighted by molar-refractivity contribution is 8.06. The van der Waals surface area contributed by atoms with Crippen LogP contribution in [0.15, 0.2) is 0 Å². The maximum Gasteiger partial charge on any atom is 0.268 e. The third kappa shape index (κ3) is 3.38. The Bertz CT molecular complexity index is 255. The van der Waals surface area contributed by atoms with Crippen LogP contribution in [-0.2, 0) is 10.1 Å². The van der Waals surface area contributed by atoms with Crippen LogP contribution in [0.25, 0.3) is 0 Å². The Morgan fingerprint density at radius 2 is 2.33 bits per heavy atom. The van der Waals surface area contributed by atoms with Crippen molar-refractivity contribution in [3.8, 4) is 0 Å². The normalized spacial score (nSPS) is 24.9. The minimum Gasteiger partial charge on any atom is -0.285 e. The van der Waals surface area contributed by atoms with Crippen molar-refractivity contribution in [2.45, 2.75) is 23.3 Å². The Balaban J connectivity index is 2.52. The maximum atomic E-state index is 10.8. The molecule has 0 amide bonds. The molecule has 2 unspecified atom stereocenters. The summed E-state index contributed by atoms with van der Waals surface area (Å²) in [4.78, 5) is 0. The zero-order chi connectivity index (χ0) is 9.19. The fourth-order valence-electron chi connectivity index (χ4n) is 0.944. The van der Waals surface area contributed by atoms with E-state index in [0.29, 0.717) is 11.7 Å². The molecule has 0 spiro atoms. The molecule has 0 aliphatic carbocycles. The van der Waals surface area contributed by atoms with Crippen LogP contribution in [0.1, 0.15) is 12.8 Å². The number of thiocarbonyl (C=S) groups is 1. The summed E-state index contributed by atoms with van der Waals surface area (Å²) in [5.74, 6) is 1.00. The molecule has 0 aromatic heterocycles. The van der Waals surface area contributed by atoms with Gasteiger partial charge in [0.15, 0.2) is 0 Å². The smallest absolute Gasteiger partial charge is 0.268 e. The summed E-state index contributed by atoms with van der Waals surface area (Å²) in [5, 5.41) is 1.09. The van der Waals surface area contributed by atoms with Gasteiger partial charge in [0.1, 0.15) is 0 Å². The molecule has 12 heavy (non-hydrogen) atoms. The number of rotatable bonds is 5. The number of hydrogen-bond donors (Lipinski definition) is 1. The molecule has 6 heteroatoms. The van der Waals surface area contributed by atoms with Crippen LogP contribution in [-0.4, -0.2) is 34.6 Å². The predicted octanol–water partition coefficient (Wildman–Crippen LogP) is 1.14. The summed E-state index contributed by atoms with van der Waals surface area (Å²) >= 11 is 6.28. The molecule has 0 bridgehead atoms. The van der Waals surface area contributed by atoms with Crippen molar-refractivity contribution in [3.63, 3.8) is 0 Å². The quantitative estimate of drug-likeness (QED) is 0.433. The Morgan fingerprint density at radius 1 is 1.75 bits per heavy atom. The van der Waals surface area contributed by atoms with Gasteiger partial charge in [-0.05, 0) is 18.2 Å². The molecule has 0 saturated carbocycles. The third-order valence-electron chi connectivity index (χ3n) is 1.71. The first-order valence-corrected chi connectivity index (χ1v) is 6.58. The third-order valence-corrected chi connectivity index (χ3v) is 4.13. The van der Waals surface area contributed by atoms with Gasteiger partial charge < -0.3 is 0 Å². The second kappa shape index (κ2) is 4.04. The highest BCUT2D eigenvalue weighted by atomic mass is 32.2. The van der Waals surface area contributed by atoms with Crippen LogP contribution in [0.4, 0.5) is 0 Å². The lowest BCUT2D eigenvalue weighted by molar-refractivity contribution is 0.464. The van der Waals surface area contributed by atoms with Crippen molar-refractivity contribution in [2.75, 3.05) is 5.75 Å². The largest absolute Gasteiger partial charge is 0.285 e. The van der Waals surface area contributed by atoms with E-state index >= 15 is 0 Å². The molecule has 0 aromatic carbocycles. The standard InChI is InChI=1S/C6H10O3S3/c7-12(8,9)6(1-2-10)3-5-4-11-5/h2,5-6H,1,3-4H2,(H,7,8,9). The van der Waals surface area contributed by atoms with E-state index in [-0.39, 0.29) is 6.42 Å². The van der Waals surface area contributed by atoms with Gasteiger partial charge in [0.05, 0.1) is 5.25 Å². The lowest BCUT2D eigenvalue weighted by atomic mass is 10.2. The monoisotopic (exact) mass is 226 g/mol. The van der Waals surface area contributed by atoms with Gasteiger partial charge in [0, 0.05) is 11.0 Å². The minimum atomic E-state index is -3.89. The van der Waals surface area contributed by atoms with Gasteiger partial charge in [0.25, 0.3) is 10.1 Å². The van der Waals surface area contributed by atoms with E-state index in [2.05, 4.69) is 12.2 Å². The molecule has 1 fully saturated rings. The second-order valence-electron chi connectivity index (χ2n) is 2.73. The van der Waals surface area contributed by atoms with Gasteiger partial charge >= 0.3 is 0 Å². The molecule has 0 radical (unpaired) electrons. The van der Waals surface area contributed by atoms with E-state index in [4.69, 9.17) is 4.55 Å². The first-order chi connectivity index (χ1) is 5.54. The predicted molar refractivity (Wildman–Crippen MR) is 54.5 cm³/mol. The summed E-state index contributed by atoms with van der Waals surface area (Å²) in [7, 11) is -3.89. The Morgan fingerprint density at radius 3 is 2.67 bits per heavy atom. The number of hydrogen-bond acceptors (Lipinski definition) is 4. The van der Waals surface area contributed by atoms with Crippen molar-refractivity contribution in [2.24, 2.45) is 0 Å². The fourth-order valence-corrected chi connectivity index (χ4v) is 2.88. The average Bonchev–Trinajstić information content (AvgIpc) is 2.68. The van der Waals surface area contributed by atoms with Crippen LogP contribution in [0.2, 0.25) is 0 Å². The minimum absolute atomic E-state index is 0.269. The Labute approximate surface area is 81.7 Å². The van der Waals surface area contributed by atoms with Gasteiger partial charge in [-0.15, -0.1) is 0 Å². The van der Waals surface area contributed by atoms with E-state index < -0.39 is 15.4 Å². The van der Waals surface area contributed by atoms with Crippen LogP contribution in [0, 0.1) is 0 Å². The molecule has 2 atom stereocenters. The van der Waals surface area contributed by atoms with E-state index in [9.17, 15) is 8.42 Å². The molecule has 1 heterocycles. The van der Waals surface area contributed by atoms with Crippen molar-refractivity contribution in [1.29, 1.82) is 0 Å². The van der Waals surface area contributed by atoms with E-state index in [1.807, 2.05) is 0 Å². The van der Waals surface area contributed by atoms with Crippen molar-refractivity contribution < 1.29 is 13.0 Å². The van der Waals surface area contributed by atoms with Crippen LogP contribution >= 0.6 is 24.0 Å². The molecule has 70 valence electrons. The van der Waals surface area contributed by atoms with E-state index in [1.165, 1.54) is 5.37 Å². The Kier molecular flexibility index (Phi) is 3.51. The summed E-state index contributed by atoms with van der Waals surface area (Å²) in [6.45, 7) is 0. The van der Waals surface area contributed by atoms with Gasteiger partial charge in [-0.2, -0.15) is 20.2 Å². The molecule has 3 nitrogen and oxygen atoms in total. The van der Waals surface area contributed by atoms with Gasteiger partial charge in [-0.25, -0.2) is 0 Å². The molecular weight excluding hydrogens is 216 g/mol. The fraction of sp³-hybridized carbons (Fsp3) is 0.833. The van der Waals surface area contributed by atoms with Crippen molar-refractivity contribution in [1.82, 2.24) is 0 Å². The molecule has 0 aromatic rings. The van der Waals surface area contributed by atoms with E-state index in [1.54, 1.807) is 11.8 Å². The van der Waals surface area contributed by atoms with Crippen LogP contribution in [0.5, 0.6) is 0 Å². The second-order valence-corrected chi connectivity index (χ2v) is 6.09. The summed E-state index contributed by atoms with van der Waals surface area (Å²) in [6.07, 6.45) is 0.794. The lowest BCUT2D eigenvalue weighted by Gasteiger charge is -2.08. The molecule has 1 aliphatic rings. The van der Waals surface area contributed by atoms with Crippen LogP contribution in [0.3, 0.4) is 0 Å². The van der Waals surface area contributed by atoms with Crippen LogP contribution < -0.4 is 0 Å². The van der Waals surface area contributed by atoms with Crippen molar-refractivity contribution >= 4 is 39.5 Å². The summed E-state index contributed by atoms with van der Waals surface area (Å²) in [5.41, 5.74) is 0. The zero-order valence-corrected chi connectivity index (χ0v) is 8.79. The molecule has 1 N–H and O–H groups in total. The zero-order valence-electron chi connectivity index (χ0n) is 6.34. The highest BCUT2D eigenvalue weighted by Crippen LogP contribution is 2.35. The number of thioether (sulfide) groups is 1. The first-order valence-electron chi connectivity index (χ1n) is 3.55. The summed E-state index contributed by atoms with van der Waals surface area (Å²) in [6, 6.07) is 0. The topological polar surface area (TPSA) is 54.4 Å². The molecular formula is C6H10O3S3. The lowest BCUT2D eigenvalue weighted by Crippen LogP contribution is -2.22. The molecule has 1 saturated heterocycles. The van der Waals surface area contributed by atoms with E-state index in [0.717, 1.165) is 5.75 Å². The first kappa shape index (κ1) is 10.4. The van der Waals surface area contributed by atoms with Gasteiger partial charge in [-0.3, -0.25) is 4.55 Å². The van der Waals surface area contributed by atoms with Gasteiger partial charge in [0.2, 0.25) is 0 Å². The SMILES string of the molecule is O=S(=O)(O)C(CC=S)CC1CS1. The summed E-state index contributed by atoms with van der Waals surface area (Å²) < 4.78 is 30.3. The average molecular weight is 226 g/mol. The Hall–Kier alpha value is 0.350. The van der Waals surface area contributed by atoms with Gasteiger partial charge in [-0.1, -0.05) is 12.2 Å². The highest BCUT2D eigenvalue weighted by Gasteiger charge is 2.31. The molecule has 1 aliphatic heterocycles. The molecule has 1 rings (SSSR count). The maximum absolute atomic E-state index is 10.8. The van der Waals surface area contributed by atoms with Crippen molar-refractivity contribution in [3.05, 3.63) is 0 Å².